The second kappa shape index (κ2) is 29.6. The third-order valence-electron chi connectivity index (χ3n) is 17.5. The van der Waals surface area contributed by atoms with Gasteiger partial charge in [0.05, 0.1) is 41.3 Å². The summed E-state index contributed by atoms with van der Waals surface area (Å²) in [5, 5.41) is 127. The number of phenols is 3. The minimum Gasteiger partial charge on any atom is -0.508 e. The highest BCUT2D eigenvalue weighted by molar-refractivity contribution is 6.32. The molecule has 5 aromatic rings. The van der Waals surface area contributed by atoms with Gasteiger partial charge in [0.1, 0.15) is 89.5 Å². The highest BCUT2D eigenvalue weighted by atomic mass is 35.5. The molecule has 7 aliphatic heterocycles. The molecule has 7 aliphatic rings. The third-order valence-corrected chi connectivity index (χ3v) is 18.1. The van der Waals surface area contributed by atoms with Crippen molar-refractivity contribution in [2.45, 2.75) is 156 Å². The van der Waals surface area contributed by atoms with E-state index in [1.165, 1.54) is 26.0 Å². The first kappa shape index (κ1) is 73.5. The molecule has 5 aromatic carbocycles. The quantitative estimate of drug-likeness (QED) is 0.0772. The summed E-state index contributed by atoms with van der Waals surface area (Å²) in [6.07, 6.45) is -18.8. The van der Waals surface area contributed by atoms with Crippen molar-refractivity contribution in [3.05, 3.63) is 117 Å². The normalized spacial score (nSPS) is 29.6. The lowest BCUT2D eigenvalue weighted by Gasteiger charge is -2.47. The first-order chi connectivity index (χ1) is 47.1. The third kappa shape index (κ3) is 15.4. The Morgan fingerprint density at radius 1 is 0.710 bits per heavy atom. The second-order valence-electron chi connectivity index (χ2n) is 25.5. The number of aromatic hydroxyl groups is 3. The van der Waals surface area contributed by atoms with E-state index >= 15 is 14.4 Å². The fourth-order valence-corrected chi connectivity index (χ4v) is 12.7. The van der Waals surface area contributed by atoms with E-state index in [2.05, 4.69) is 31.9 Å². The van der Waals surface area contributed by atoms with Crippen molar-refractivity contribution in [2.75, 3.05) is 6.61 Å². The Morgan fingerprint density at radius 3 is 1.90 bits per heavy atom. The lowest BCUT2D eigenvalue weighted by molar-refractivity contribution is -0.333. The molecule has 22 N–H and O–H groups in total. The van der Waals surface area contributed by atoms with Crippen LogP contribution in [0, 0.1) is 5.92 Å². The lowest BCUT2D eigenvalue weighted by Crippen LogP contribution is -2.64. The molecular formula is C65H73Cl2N9O24. The number of aliphatic hydroxyl groups is 6. The summed E-state index contributed by atoms with van der Waals surface area (Å²) in [6.45, 7) is 5.53. The zero-order valence-corrected chi connectivity index (χ0v) is 54.9. The van der Waals surface area contributed by atoms with Gasteiger partial charge in [-0.05, 0) is 103 Å². The zero-order valence-electron chi connectivity index (χ0n) is 53.4. The van der Waals surface area contributed by atoms with Crippen LogP contribution >= 0.6 is 23.2 Å². The van der Waals surface area contributed by atoms with E-state index in [1.807, 2.05) is 0 Å². The number of hydrogen-bond acceptors (Lipinski definition) is 25. The van der Waals surface area contributed by atoms with Crippen molar-refractivity contribution >= 4 is 70.5 Å². The van der Waals surface area contributed by atoms with Gasteiger partial charge in [-0.15, -0.1) is 0 Å². The van der Waals surface area contributed by atoms with E-state index in [0.29, 0.717) is 0 Å². The molecule has 0 saturated carbocycles. The Hall–Kier alpha value is -9.20. The average molecular weight is 1440 g/mol. The number of rotatable bonds is 12. The first-order valence-corrected chi connectivity index (χ1v) is 31.9. The highest BCUT2D eigenvalue weighted by Gasteiger charge is 2.51. The number of primary amides is 1. The fraction of sp³-hybridized carbons (Fsp3) is 0.415. The molecule has 2 saturated heterocycles. The van der Waals surface area contributed by atoms with Crippen molar-refractivity contribution in [2.24, 2.45) is 23.1 Å². The summed E-state index contributed by atoms with van der Waals surface area (Å²) in [7, 11) is 0. The maximum absolute atomic E-state index is 16.0. The number of hydrogen-bond donors (Lipinski definition) is 19. The monoisotopic (exact) mass is 1430 g/mol. The van der Waals surface area contributed by atoms with E-state index in [1.54, 1.807) is 13.8 Å². The van der Waals surface area contributed by atoms with Crippen LogP contribution in [0.25, 0.3) is 11.1 Å². The number of phenolic OH excluding ortho intramolecular Hbond substituents is 3. The van der Waals surface area contributed by atoms with Crippen LogP contribution in [-0.2, 0) is 52.6 Å². The first-order valence-electron chi connectivity index (χ1n) is 31.2. The molecule has 0 radical (unpaired) electrons. The maximum Gasteiger partial charge on any atom is 0.330 e. The molecule has 18 atom stereocenters. The van der Waals surface area contributed by atoms with Gasteiger partial charge in [0.2, 0.25) is 53.4 Å². The van der Waals surface area contributed by atoms with Gasteiger partial charge in [-0.1, -0.05) is 55.2 Å². The molecule has 12 rings (SSSR count). The number of ether oxygens (including phenoxy) is 6. The van der Waals surface area contributed by atoms with Crippen LogP contribution in [0.1, 0.15) is 105 Å². The molecular weight excluding hydrogens is 1360 g/mol. The van der Waals surface area contributed by atoms with Crippen molar-refractivity contribution in [3.63, 3.8) is 0 Å². The Morgan fingerprint density at radius 2 is 1.31 bits per heavy atom. The average Bonchev–Trinajstić information content (AvgIpc) is 0.768. The van der Waals surface area contributed by atoms with Crippen LogP contribution in [0.5, 0.6) is 46.0 Å². The van der Waals surface area contributed by atoms with Gasteiger partial charge in [-0.2, -0.15) is 0 Å². The predicted octanol–water partition coefficient (Wildman–Crippen LogP) is -0.154. The van der Waals surface area contributed by atoms with Gasteiger partial charge in [0, 0.05) is 34.7 Å². The van der Waals surface area contributed by atoms with Crippen molar-refractivity contribution in [1.29, 1.82) is 0 Å². The molecule has 0 spiro atoms. The molecule has 7 amide bonds. The number of carboxylic acid groups (broad SMARTS) is 1. The standard InChI is InChI=1S/C65H73Cl2N9O24/c1-22(2)11-33(68)57(87)75-48-50(82)25-6-9-37(31(66)13-25)96-39-15-27-16-40(54(39)100-64-55(53(85)52(84)41(21-77)98-64)99-43-20-65(4,70)56(86)23(3)95-43)97-38-10-7-26(14-32(38)67)51(83)49-62(92)74-47(63(93)94)30-17-28(78)18-36(80)44(30)29-12-24(5-8-35(29)79)45(59(89)76-49)73-60(90)46(27)72-58(88)34(19-42(69)81)71-61(48)91/h5-10,12-18,22-23,33-34,41,43,45-53,55-56,64,77-80,82-86H,11,19-21,68,70H2,1-4H3,(H2,69,81)(H,71,91)(H,72,88)(H,73,90)(H,74,92)(H,75,87)(H,76,89)(H,93,94)/t23?,33?,34?,41?,43-,45+,46+,47-,48?,49-,50?,51?,52?,53?,55?,56?,64?,65+/m1/s1. The van der Waals surface area contributed by atoms with Gasteiger partial charge in [0.15, 0.2) is 29.9 Å². The molecule has 11 bridgehead atoms. The molecule has 2 fully saturated rings. The lowest BCUT2D eigenvalue weighted by atomic mass is 9.86. The van der Waals surface area contributed by atoms with Gasteiger partial charge in [-0.25, -0.2) is 4.79 Å². The van der Waals surface area contributed by atoms with E-state index in [4.69, 9.17) is 68.8 Å². The number of halogens is 2. The minimum atomic E-state index is -2.35. The summed E-state index contributed by atoms with van der Waals surface area (Å²) in [4.78, 5) is 116. The van der Waals surface area contributed by atoms with Gasteiger partial charge in [0.25, 0.3) is 0 Å². The van der Waals surface area contributed by atoms with Crippen LogP contribution in [0.3, 0.4) is 0 Å². The largest absolute Gasteiger partial charge is 0.508 e. The van der Waals surface area contributed by atoms with Crippen LogP contribution in [0.2, 0.25) is 10.0 Å². The number of carboxylic acids is 1. The van der Waals surface area contributed by atoms with Gasteiger partial charge >= 0.3 is 5.97 Å². The number of aliphatic hydroxyl groups excluding tert-OH is 6. The molecule has 100 heavy (non-hydrogen) atoms. The molecule has 0 aromatic heterocycles. The number of fused-ring (bicyclic) bond motifs is 15. The highest BCUT2D eigenvalue weighted by Crippen LogP contribution is 2.50. The predicted molar refractivity (Wildman–Crippen MR) is 344 cm³/mol. The SMILES string of the molecule is CC(C)CC(N)C(=O)NC1C(=O)NC(CC(N)=O)C(=O)N[C@@H]2C(=O)N[C@@H]3C(=O)N[C@@H](C(=O)N[C@@H](C(=O)O)c4cc(O)cc(O)c4-c4cc3ccc4O)C(O)c3ccc(c(Cl)c3)Oc3cc2cc(c3OC2OC(CO)C(O)C(O)C2O[C@@H]2C[C@](C)(N)C(O)C(C)O2)Oc2ccc(cc2Cl)C1O. The number of carbonyl (C=O) groups excluding carboxylic acids is 7. The smallest absolute Gasteiger partial charge is 0.330 e. The van der Waals surface area contributed by atoms with E-state index in [0.717, 1.165) is 66.7 Å². The summed E-state index contributed by atoms with van der Waals surface area (Å²) in [5.74, 6) is -16.3. The number of aliphatic carboxylic acids is 1. The number of benzene rings is 5. The summed E-state index contributed by atoms with van der Waals surface area (Å²) in [5.41, 5.74) is 14.1. The Bertz CT molecular complexity index is 4060. The number of nitrogens with two attached hydrogens (primary N) is 3. The van der Waals surface area contributed by atoms with Crippen LogP contribution in [0.15, 0.2) is 78.9 Å². The molecule has 33 nitrogen and oxygen atoms in total. The Balaban J connectivity index is 1.24. The van der Waals surface area contributed by atoms with Crippen LogP contribution in [0.4, 0.5) is 0 Å². The molecule has 536 valence electrons. The minimum absolute atomic E-state index is 0.0742. The fourth-order valence-electron chi connectivity index (χ4n) is 12.3. The van der Waals surface area contributed by atoms with Gasteiger partial charge in [-0.3, -0.25) is 33.6 Å². The topological polar surface area (TPSA) is 544 Å². The summed E-state index contributed by atoms with van der Waals surface area (Å²) in [6, 6.07) is -1.18. The summed E-state index contributed by atoms with van der Waals surface area (Å²) < 4.78 is 38.2. The molecule has 7 heterocycles. The van der Waals surface area contributed by atoms with E-state index in [-0.39, 0.29) is 46.2 Å². The molecule has 35 heteroatoms. The Kier molecular flexibility index (Phi) is 21.7. The van der Waals surface area contributed by atoms with E-state index in [9.17, 15) is 75.0 Å². The Labute approximate surface area is 577 Å². The maximum atomic E-state index is 16.0. The molecule has 0 aliphatic carbocycles. The van der Waals surface area contributed by atoms with Gasteiger partial charge < -0.3 is 129 Å². The number of amides is 7. The van der Waals surface area contributed by atoms with Crippen molar-refractivity contribution < 1.29 is 118 Å². The zero-order chi connectivity index (χ0) is 72.8. The van der Waals surface area contributed by atoms with Crippen LogP contribution in [-0.4, -0.2) is 184 Å². The van der Waals surface area contributed by atoms with Crippen LogP contribution < -0.4 is 63.3 Å². The van der Waals surface area contributed by atoms with Crippen molar-refractivity contribution in [3.8, 4) is 57.1 Å². The van der Waals surface area contributed by atoms with Crippen molar-refractivity contribution in [1.82, 2.24) is 31.9 Å². The second-order valence-corrected chi connectivity index (χ2v) is 26.3. The number of nitrogens with one attached hydrogen (secondary N) is 6. The molecule has 12 unspecified atom stereocenters. The number of carbonyl (C=O) groups is 8. The summed E-state index contributed by atoms with van der Waals surface area (Å²) >= 11 is 14.1. The van der Waals surface area contributed by atoms with E-state index < -0.39 is 237 Å².